The molecule has 2 aromatic rings. The van der Waals surface area contributed by atoms with E-state index in [0.29, 0.717) is 0 Å². The minimum Gasteiger partial charge on any atom is -0.367 e. The summed E-state index contributed by atoms with van der Waals surface area (Å²) in [5, 5.41) is 4.36. The van der Waals surface area contributed by atoms with Crippen molar-refractivity contribution < 1.29 is 4.74 Å². The lowest BCUT2D eigenvalue weighted by Crippen LogP contribution is -2.47. The molecular formula is C20H28INOS2. The fourth-order valence-corrected chi connectivity index (χ4v) is 7.02. The van der Waals surface area contributed by atoms with Crippen molar-refractivity contribution >= 4 is 46.7 Å². The van der Waals surface area contributed by atoms with Crippen LogP contribution in [0.25, 0.3) is 0 Å². The van der Waals surface area contributed by atoms with Gasteiger partial charge in [-0.05, 0) is 67.5 Å². The molecule has 0 aromatic carbocycles. The summed E-state index contributed by atoms with van der Waals surface area (Å²) in [5.41, 5.74) is -0.267. The van der Waals surface area contributed by atoms with Crippen molar-refractivity contribution in [3.8, 4) is 0 Å². The van der Waals surface area contributed by atoms with Crippen molar-refractivity contribution in [3.63, 3.8) is 0 Å². The summed E-state index contributed by atoms with van der Waals surface area (Å²) in [7, 11) is 4.23. The highest BCUT2D eigenvalue weighted by atomic mass is 127. The van der Waals surface area contributed by atoms with Crippen LogP contribution in [0.5, 0.6) is 0 Å². The maximum absolute atomic E-state index is 6.30. The molecule has 2 saturated heterocycles. The van der Waals surface area contributed by atoms with Gasteiger partial charge in [0.05, 0.1) is 0 Å². The number of ether oxygens (including phenoxy) is 1. The Morgan fingerprint density at radius 1 is 1.16 bits per heavy atom. The van der Waals surface area contributed by atoms with Gasteiger partial charge in [-0.25, -0.2) is 0 Å². The number of nitrogens with zero attached hydrogens (tertiary/aromatic N) is 1. The van der Waals surface area contributed by atoms with Crippen molar-refractivity contribution in [1.82, 2.24) is 4.90 Å². The number of thiophene rings is 2. The second-order valence-electron chi connectivity index (χ2n) is 7.51. The third kappa shape index (κ3) is 3.35. The minimum atomic E-state index is -0.267. The molecule has 0 aliphatic carbocycles. The van der Waals surface area contributed by atoms with E-state index < -0.39 is 0 Å². The van der Waals surface area contributed by atoms with Gasteiger partial charge in [-0.3, -0.25) is 0 Å². The fraction of sp³-hybridized carbons (Fsp3) is 0.600. The summed E-state index contributed by atoms with van der Waals surface area (Å²) in [4.78, 5) is 5.35. The zero-order valence-corrected chi connectivity index (χ0v) is 19.1. The van der Waals surface area contributed by atoms with E-state index >= 15 is 0 Å². The Morgan fingerprint density at radius 2 is 1.80 bits per heavy atom. The fourth-order valence-electron chi connectivity index (χ4n) is 5.10. The number of methoxy groups -OCH3 is 1. The molecule has 4 heterocycles. The molecule has 4 atom stereocenters. The van der Waals surface area contributed by atoms with Crippen LogP contribution in [-0.4, -0.2) is 31.1 Å². The predicted molar refractivity (Wildman–Crippen MR) is 118 cm³/mol. The first-order valence-corrected chi connectivity index (χ1v) is 10.8. The van der Waals surface area contributed by atoms with E-state index in [-0.39, 0.29) is 29.6 Å². The van der Waals surface area contributed by atoms with Gasteiger partial charge in [0, 0.05) is 28.9 Å². The molecule has 2 aliphatic heterocycles. The van der Waals surface area contributed by atoms with Crippen LogP contribution in [0, 0.1) is 11.8 Å². The van der Waals surface area contributed by atoms with Crippen LogP contribution in [-0.2, 0) is 10.3 Å². The Morgan fingerprint density at radius 3 is 2.32 bits per heavy atom. The Bertz CT molecular complexity index is 623. The molecule has 4 unspecified atom stereocenters. The number of hydrogen-bond acceptors (Lipinski definition) is 4. The lowest BCUT2D eigenvalue weighted by Gasteiger charge is -2.45. The highest BCUT2D eigenvalue weighted by Gasteiger charge is 2.47. The Hall–Kier alpha value is 0.0500. The molecule has 138 valence electrons. The van der Waals surface area contributed by atoms with E-state index in [0.717, 1.165) is 30.3 Å². The van der Waals surface area contributed by atoms with E-state index in [1.165, 1.54) is 29.0 Å². The van der Waals surface area contributed by atoms with Crippen molar-refractivity contribution in [2.45, 2.75) is 50.3 Å². The van der Waals surface area contributed by atoms with E-state index in [1.54, 1.807) is 0 Å². The van der Waals surface area contributed by atoms with Crippen LogP contribution < -0.4 is 0 Å². The van der Waals surface area contributed by atoms with E-state index in [4.69, 9.17) is 4.74 Å². The normalized spacial score (nSPS) is 29.6. The highest BCUT2D eigenvalue weighted by molar-refractivity contribution is 14.0. The largest absolute Gasteiger partial charge is 0.367 e. The van der Waals surface area contributed by atoms with Gasteiger partial charge in [-0.15, -0.1) is 46.7 Å². The molecule has 25 heavy (non-hydrogen) atoms. The first-order chi connectivity index (χ1) is 11.7. The third-order valence-electron chi connectivity index (χ3n) is 6.56. The summed E-state index contributed by atoms with van der Waals surface area (Å²) in [6.45, 7) is 2.47. The van der Waals surface area contributed by atoms with Crippen molar-refractivity contribution in [2.24, 2.45) is 11.8 Å². The molecule has 0 radical (unpaired) electrons. The van der Waals surface area contributed by atoms with Crippen LogP contribution in [0.3, 0.4) is 0 Å². The first-order valence-electron chi connectivity index (χ1n) is 9.01. The monoisotopic (exact) mass is 489 g/mol. The second kappa shape index (κ2) is 7.97. The smallest absolute Gasteiger partial charge is 0.136 e. The molecule has 5 heteroatoms. The maximum Gasteiger partial charge on any atom is 0.136 e. The number of hydrogen-bond donors (Lipinski definition) is 0. The Balaban J connectivity index is 0.00000182. The molecule has 2 aliphatic rings. The Labute approximate surface area is 176 Å². The first kappa shape index (κ1) is 19.8. The zero-order valence-electron chi connectivity index (χ0n) is 15.2. The molecule has 2 fully saturated rings. The Kier molecular flexibility index (Phi) is 6.31. The number of rotatable bonds is 5. The molecule has 0 spiro atoms. The van der Waals surface area contributed by atoms with Crippen molar-refractivity contribution in [3.05, 3.63) is 44.8 Å². The summed E-state index contributed by atoms with van der Waals surface area (Å²) in [5.74, 6) is 1.46. The van der Waals surface area contributed by atoms with Gasteiger partial charge in [0.2, 0.25) is 0 Å². The average molecular weight is 489 g/mol. The topological polar surface area (TPSA) is 12.5 Å². The molecule has 2 nitrogen and oxygen atoms in total. The third-order valence-corrected chi connectivity index (χ3v) is 8.58. The van der Waals surface area contributed by atoms with Gasteiger partial charge in [0.15, 0.2) is 0 Å². The van der Waals surface area contributed by atoms with Crippen LogP contribution >= 0.6 is 46.7 Å². The summed E-state index contributed by atoms with van der Waals surface area (Å²) in [6.07, 6.45) is 5.17. The SMILES string of the molecule is COC(CC1CC2CCC(C1C)N2C)(c1cccs1)c1cccs1.I. The van der Waals surface area contributed by atoms with Crippen LogP contribution in [0.4, 0.5) is 0 Å². The van der Waals surface area contributed by atoms with Gasteiger partial charge >= 0.3 is 0 Å². The lowest BCUT2D eigenvalue weighted by atomic mass is 9.74. The van der Waals surface area contributed by atoms with E-state index in [1.807, 2.05) is 29.8 Å². The highest BCUT2D eigenvalue weighted by Crippen LogP contribution is 2.50. The molecule has 0 saturated carbocycles. The van der Waals surface area contributed by atoms with Crippen LogP contribution in [0.15, 0.2) is 35.0 Å². The van der Waals surface area contributed by atoms with Gasteiger partial charge in [0.25, 0.3) is 0 Å². The molecule has 2 bridgehead atoms. The molecule has 0 N–H and O–H groups in total. The number of piperidine rings is 1. The molecule has 4 rings (SSSR count). The van der Waals surface area contributed by atoms with E-state index in [2.05, 4.69) is 53.9 Å². The van der Waals surface area contributed by atoms with Crippen molar-refractivity contribution in [2.75, 3.05) is 14.2 Å². The average Bonchev–Trinajstić information content (AvgIpc) is 3.32. The summed E-state index contributed by atoms with van der Waals surface area (Å²) in [6, 6.07) is 10.4. The summed E-state index contributed by atoms with van der Waals surface area (Å²) >= 11 is 3.66. The second-order valence-corrected chi connectivity index (χ2v) is 9.40. The zero-order chi connectivity index (χ0) is 16.7. The summed E-state index contributed by atoms with van der Waals surface area (Å²) < 4.78 is 6.30. The maximum atomic E-state index is 6.30. The number of fused-ring (bicyclic) bond motifs is 2. The van der Waals surface area contributed by atoms with Crippen LogP contribution in [0.2, 0.25) is 0 Å². The number of halogens is 1. The lowest BCUT2D eigenvalue weighted by molar-refractivity contribution is -0.0236. The molecular weight excluding hydrogens is 461 g/mol. The van der Waals surface area contributed by atoms with Gasteiger partial charge in [-0.1, -0.05) is 19.1 Å². The van der Waals surface area contributed by atoms with Gasteiger partial charge < -0.3 is 9.64 Å². The van der Waals surface area contributed by atoms with E-state index in [9.17, 15) is 0 Å². The molecule has 0 amide bonds. The standard InChI is InChI=1S/C20H27NOS2.HI/c1-14-15(12-16-8-9-17(14)21(16)2)13-20(22-3,18-6-4-10-23-18)19-7-5-11-24-19;/h4-7,10-11,14-17H,8-9,12-13H2,1-3H3;1H. The minimum absolute atomic E-state index is 0. The molecule has 2 aromatic heterocycles. The predicted octanol–water partition coefficient (Wildman–Crippen LogP) is 5.83. The van der Waals surface area contributed by atoms with Crippen molar-refractivity contribution in [1.29, 1.82) is 0 Å². The van der Waals surface area contributed by atoms with Crippen LogP contribution in [0.1, 0.15) is 42.4 Å². The van der Waals surface area contributed by atoms with Gasteiger partial charge in [0.1, 0.15) is 5.60 Å². The van der Waals surface area contributed by atoms with Gasteiger partial charge in [-0.2, -0.15) is 0 Å². The quantitative estimate of drug-likeness (QED) is 0.491.